The van der Waals surface area contributed by atoms with E-state index in [0.29, 0.717) is 22.6 Å². The highest BCUT2D eigenvalue weighted by atomic mass is 32.2. The minimum Gasteiger partial charge on any atom is -0.383 e. The Kier molecular flexibility index (Phi) is 6.58. The third kappa shape index (κ3) is 4.95. The van der Waals surface area contributed by atoms with Crippen LogP contribution in [0.1, 0.15) is 42.7 Å². The Hall–Kier alpha value is -2.12. The smallest absolute Gasteiger partial charge is 0.230 e. The molecule has 1 aliphatic carbocycles. The van der Waals surface area contributed by atoms with Crippen molar-refractivity contribution in [3.05, 3.63) is 46.3 Å². The van der Waals surface area contributed by atoms with Gasteiger partial charge in [0, 0.05) is 10.9 Å². The fraction of sp³-hybridized carbons (Fsp3) is 0.435. The zero-order valence-corrected chi connectivity index (χ0v) is 19.1. The van der Waals surface area contributed by atoms with Gasteiger partial charge in [0.2, 0.25) is 5.91 Å². The van der Waals surface area contributed by atoms with Gasteiger partial charge in [0.15, 0.2) is 5.16 Å². The van der Waals surface area contributed by atoms with Gasteiger partial charge in [-0.25, -0.2) is 9.97 Å². The van der Waals surface area contributed by atoms with E-state index in [1.54, 1.807) is 11.3 Å². The van der Waals surface area contributed by atoms with E-state index in [1.807, 2.05) is 25.1 Å². The molecule has 4 rings (SSSR count). The maximum atomic E-state index is 12.4. The van der Waals surface area contributed by atoms with Crippen molar-refractivity contribution in [3.63, 3.8) is 0 Å². The second-order valence-corrected chi connectivity index (χ2v) is 10.2. The van der Waals surface area contributed by atoms with E-state index in [-0.39, 0.29) is 11.9 Å². The molecule has 1 amide bonds. The van der Waals surface area contributed by atoms with Crippen LogP contribution in [0.4, 0.5) is 5.82 Å². The number of nitrogen functional groups attached to an aromatic ring is 1. The van der Waals surface area contributed by atoms with Crippen LogP contribution in [0.25, 0.3) is 10.2 Å². The molecule has 0 fully saturated rings. The number of nitrogens with two attached hydrogens (primary N) is 1. The number of aromatic nitrogens is 2. The number of hydrogen-bond acceptors (Lipinski definition) is 6. The number of amides is 1. The summed E-state index contributed by atoms with van der Waals surface area (Å²) in [5, 5.41) is 4.69. The zero-order valence-electron chi connectivity index (χ0n) is 17.5. The molecule has 3 N–H and O–H groups in total. The first-order valence-electron chi connectivity index (χ1n) is 10.5. The molecule has 0 bridgehead atoms. The number of thioether (sulfide) groups is 1. The van der Waals surface area contributed by atoms with Crippen molar-refractivity contribution < 1.29 is 4.79 Å². The Bertz CT molecular complexity index is 1030. The Balaban J connectivity index is 1.33. The molecule has 158 valence electrons. The maximum Gasteiger partial charge on any atom is 0.230 e. The minimum atomic E-state index is 0.00197. The van der Waals surface area contributed by atoms with E-state index < -0.39 is 0 Å². The lowest BCUT2D eigenvalue weighted by Crippen LogP contribution is -2.34. The Morgan fingerprint density at radius 2 is 2.13 bits per heavy atom. The molecule has 2 atom stereocenters. The summed E-state index contributed by atoms with van der Waals surface area (Å²) in [5.74, 6) is 1.55. The number of aryl methyl sites for hydroxylation is 2. The Morgan fingerprint density at radius 3 is 2.93 bits per heavy atom. The van der Waals surface area contributed by atoms with Gasteiger partial charge in [-0.3, -0.25) is 4.79 Å². The highest BCUT2D eigenvalue weighted by molar-refractivity contribution is 7.99. The number of fused-ring (bicyclic) bond motifs is 3. The van der Waals surface area contributed by atoms with Crippen LogP contribution >= 0.6 is 23.1 Å². The maximum absolute atomic E-state index is 12.4. The summed E-state index contributed by atoms with van der Waals surface area (Å²) in [7, 11) is 0. The molecule has 30 heavy (non-hydrogen) atoms. The van der Waals surface area contributed by atoms with E-state index in [2.05, 4.69) is 29.4 Å². The minimum absolute atomic E-state index is 0.00197. The Labute approximate surface area is 185 Å². The standard InChI is InChI=1S/C23H28N4OS2/c1-14-8-11-17-18(12-14)30-22-20(17)21(24)26-23(27-22)29-13-19(28)25-15(2)9-10-16-6-4-3-5-7-16/h3-7,14-15H,8-13H2,1-2H3,(H,25,28)(H2,24,26,27)/t14-,15+/m0/s1. The average molecular weight is 441 g/mol. The number of nitrogens with zero attached hydrogens (tertiary/aromatic N) is 2. The number of carbonyl (C=O) groups excluding carboxylic acids is 1. The number of hydrogen-bond donors (Lipinski definition) is 2. The summed E-state index contributed by atoms with van der Waals surface area (Å²) < 4.78 is 0. The lowest BCUT2D eigenvalue weighted by Gasteiger charge is -2.17. The van der Waals surface area contributed by atoms with Gasteiger partial charge < -0.3 is 11.1 Å². The van der Waals surface area contributed by atoms with Crippen molar-refractivity contribution in [2.45, 2.75) is 57.1 Å². The second kappa shape index (κ2) is 9.35. The van der Waals surface area contributed by atoms with Gasteiger partial charge in [0.1, 0.15) is 10.6 Å². The number of rotatable bonds is 7. The van der Waals surface area contributed by atoms with Crippen LogP contribution < -0.4 is 11.1 Å². The van der Waals surface area contributed by atoms with E-state index in [0.717, 1.165) is 35.9 Å². The quantitative estimate of drug-likeness (QED) is 0.414. The monoisotopic (exact) mass is 440 g/mol. The number of nitrogens with one attached hydrogen (secondary N) is 1. The van der Waals surface area contributed by atoms with Crippen LogP contribution in [-0.2, 0) is 24.1 Å². The number of anilines is 1. The van der Waals surface area contributed by atoms with Crippen LogP contribution in [0.15, 0.2) is 35.5 Å². The lowest BCUT2D eigenvalue weighted by molar-refractivity contribution is -0.119. The van der Waals surface area contributed by atoms with E-state index >= 15 is 0 Å². The van der Waals surface area contributed by atoms with Crippen LogP contribution in [-0.4, -0.2) is 27.7 Å². The predicted molar refractivity (Wildman–Crippen MR) is 126 cm³/mol. The SMILES string of the molecule is C[C@H]1CCc2c(sc3nc(SCC(=O)N[C@H](C)CCc4ccccc4)nc(N)c23)C1. The van der Waals surface area contributed by atoms with Crippen LogP contribution in [0.5, 0.6) is 0 Å². The average Bonchev–Trinajstić information content (AvgIpc) is 3.09. The van der Waals surface area contributed by atoms with Crippen molar-refractivity contribution in [1.29, 1.82) is 0 Å². The molecule has 3 aromatic rings. The van der Waals surface area contributed by atoms with Crippen LogP contribution in [0.2, 0.25) is 0 Å². The van der Waals surface area contributed by atoms with Crippen molar-refractivity contribution in [3.8, 4) is 0 Å². The first-order valence-corrected chi connectivity index (χ1v) is 12.3. The van der Waals surface area contributed by atoms with Crippen molar-refractivity contribution in [2.75, 3.05) is 11.5 Å². The first kappa shape index (κ1) is 21.1. The fourth-order valence-electron chi connectivity index (χ4n) is 3.96. The molecule has 0 unspecified atom stereocenters. The highest BCUT2D eigenvalue weighted by Gasteiger charge is 2.23. The van der Waals surface area contributed by atoms with Gasteiger partial charge in [-0.1, -0.05) is 49.0 Å². The molecule has 0 radical (unpaired) electrons. The first-order chi connectivity index (χ1) is 14.5. The molecule has 0 saturated carbocycles. The molecular formula is C23H28N4OS2. The molecular weight excluding hydrogens is 412 g/mol. The fourth-order valence-corrected chi connectivity index (χ4v) is 6.07. The topological polar surface area (TPSA) is 80.9 Å². The molecule has 1 aliphatic rings. The summed E-state index contributed by atoms with van der Waals surface area (Å²) >= 11 is 3.09. The van der Waals surface area contributed by atoms with E-state index in [1.165, 1.54) is 34.2 Å². The van der Waals surface area contributed by atoms with Crippen molar-refractivity contribution in [2.24, 2.45) is 5.92 Å². The number of carbonyl (C=O) groups is 1. The largest absolute Gasteiger partial charge is 0.383 e. The third-order valence-corrected chi connectivity index (χ3v) is 7.61. The summed E-state index contributed by atoms with van der Waals surface area (Å²) in [6.07, 6.45) is 5.21. The zero-order chi connectivity index (χ0) is 21.1. The molecule has 0 saturated heterocycles. The predicted octanol–water partition coefficient (Wildman–Crippen LogP) is 4.63. The van der Waals surface area contributed by atoms with Gasteiger partial charge in [-0.2, -0.15) is 0 Å². The van der Waals surface area contributed by atoms with Gasteiger partial charge in [0.05, 0.1) is 11.1 Å². The van der Waals surface area contributed by atoms with Crippen LogP contribution in [0, 0.1) is 5.92 Å². The van der Waals surface area contributed by atoms with E-state index in [9.17, 15) is 4.79 Å². The summed E-state index contributed by atoms with van der Waals surface area (Å²) in [6, 6.07) is 10.5. The van der Waals surface area contributed by atoms with E-state index in [4.69, 9.17) is 10.7 Å². The molecule has 2 aromatic heterocycles. The molecule has 0 aliphatic heterocycles. The van der Waals surface area contributed by atoms with Gasteiger partial charge >= 0.3 is 0 Å². The molecule has 5 nitrogen and oxygen atoms in total. The number of thiophene rings is 1. The highest BCUT2D eigenvalue weighted by Crippen LogP contribution is 2.39. The second-order valence-electron chi connectivity index (χ2n) is 8.20. The Morgan fingerprint density at radius 1 is 1.33 bits per heavy atom. The van der Waals surface area contributed by atoms with Gasteiger partial charge in [-0.15, -0.1) is 11.3 Å². The van der Waals surface area contributed by atoms with Gasteiger partial charge in [0.25, 0.3) is 0 Å². The van der Waals surface area contributed by atoms with Crippen LogP contribution in [0.3, 0.4) is 0 Å². The molecule has 2 heterocycles. The van der Waals surface area contributed by atoms with Crippen molar-refractivity contribution >= 4 is 45.0 Å². The third-order valence-electron chi connectivity index (χ3n) is 5.61. The normalized spacial score (nSPS) is 16.9. The summed E-state index contributed by atoms with van der Waals surface area (Å²) in [6.45, 7) is 4.34. The van der Waals surface area contributed by atoms with Crippen molar-refractivity contribution in [1.82, 2.24) is 15.3 Å². The lowest BCUT2D eigenvalue weighted by atomic mass is 9.89. The molecule has 0 spiro atoms. The number of benzene rings is 1. The summed E-state index contributed by atoms with van der Waals surface area (Å²) in [4.78, 5) is 23.9. The molecule has 1 aromatic carbocycles. The molecule has 7 heteroatoms. The van der Waals surface area contributed by atoms with Gasteiger partial charge in [-0.05, 0) is 56.1 Å². The summed E-state index contributed by atoms with van der Waals surface area (Å²) in [5.41, 5.74) is 8.91.